The van der Waals surface area contributed by atoms with Gasteiger partial charge < -0.3 is 5.73 Å². The number of benzene rings is 2. The maximum atomic E-state index is 5.90. The number of nitrogens with two attached hydrogens (primary N) is 1. The fourth-order valence-corrected chi connectivity index (χ4v) is 2.76. The zero-order valence-corrected chi connectivity index (χ0v) is 13.0. The first-order valence-corrected chi connectivity index (χ1v) is 7.35. The summed E-state index contributed by atoms with van der Waals surface area (Å²) in [5.74, 6) is 0.600. The van der Waals surface area contributed by atoms with Gasteiger partial charge in [-0.1, -0.05) is 52.3 Å². The van der Waals surface area contributed by atoms with Gasteiger partial charge in [-0.3, -0.25) is 0 Å². The average molecular weight is 344 g/mol. The van der Waals surface area contributed by atoms with Crippen LogP contribution in [-0.2, 0) is 0 Å². The lowest BCUT2D eigenvalue weighted by Crippen LogP contribution is -2.07. The highest BCUT2D eigenvalue weighted by atomic mass is 79.9. The van der Waals surface area contributed by atoms with Crippen LogP contribution in [0.2, 0.25) is 0 Å². The molecular formula is C15H14BrN5. The molecule has 0 unspecified atom stereocenters. The van der Waals surface area contributed by atoms with Crippen molar-refractivity contribution in [3.8, 4) is 17.1 Å². The van der Waals surface area contributed by atoms with Gasteiger partial charge in [-0.05, 0) is 29.8 Å². The molecule has 0 fully saturated rings. The molecule has 2 aromatic carbocycles. The van der Waals surface area contributed by atoms with E-state index in [1.807, 2.05) is 55.5 Å². The summed E-state index contributed by atoms with van der Waals surface area (Å²) in [6, 6.07) is 15.6. The Labute approximate surface area is 130 Å². The van der Waals surface area contributed by atoms with Crippen molar-refractivity contribution in [2.75, 3.05) is 0 Å². The first-order valence-electron chi connectivity index (χ1n) is 6.56. The number of nitrogens with zero attached hydrogens (tertiary/aromatic N) is 4. The van der Waals surface area contributed by atoms with Gasteiger partial charge in [0.1, 0.15) is 0 Å². The van der Waals surface area contributed by atoms with E-state index in [1.54, 1.807) is 0 Å². The van der Waals surface area contributed by atoms with Crippen LogP contribution in [0.5, 0.6) is 0 Å². The normalized spacial score (nSPS) is 12.3. The van der Waals surface area contributed by atoms with Gasteiger partial charge in [0.15, 0.2) is 0 Å². The molecule has 0 saturated carbocycles. The van der Waals surface area contributed by atoms with Gasteiger partial charge >= 0.3 is 0 Å². The molecule has 0 aliphatic rings. The summed E-state index contributed by atoms with van der Waals surface area (Å²) in [6.07, 6.45) is 0. The first-order chi connectivity index (χ1) is 10.1. The molecule has 1 heterocycles. The SMILES string of the molecule is C[C@H](N)c1ccc(-n2nnc(-c3ccccc3)n2)cc1Br. The van der Waals surface area contributed by atoms with Gasteiger partial charge in [0, 0.05) is 16.1 Å². The molecule has 106 valence electrons. The Kier molecular flexibility index (Phi) is 3.81. The van der Waals surface area contributed by atoms with Gasteiger partial charge in [-0.2, -0.15) is 0 Å². The molecule has 0 bridgehead atoms. The fourth-order valence-electron chi connectivity index (χ4n) is 2.04. The molecule has 0 saturated heterocycles. The minimum Gasteiger partial charge on any atom is -0.324 e. The van der Waals surface area contributed by atoms with Crippen LogP contribution in [0.25, 0.3) is 17.1 Å². The number of hydrogen-bond acceptors (Lipinski definition) is 4. The molecule has 3 aromatic rings. The van der Waals surface area contributed by atoms with E-state index >= 15 is 0 Å². The third-order valence-corrected chi connectivity index (χ3v) is 3.84. The number of rotatable bonds is 3. The van der Waals surface area contributed by atoms with E-state index in [4.69, 9.17) is 5.73 Å². The highest BCUT2D eigenvalue weighted by Crippen LogP contribution is 2.24. The maximum Gasteiger partial charge on any atom is 0.205 e. The van der Waals surface area contributed by atoms with Gasteiger partial charge in [0.05, 0.1) is 5.69 Å². The molecule has 0 aliphatic heterocycles. The number of tetrazole rings is 1. The smallest absolute Gasteiger partial charge is 0.205 e. The van der Waals surface area contributed by atoms with E-state index in [1.165, 1.54) is 4.80 Å². The van der Waals surface area contributed by atoms with Crippen LogP contribution in [0.15, 0.2) is 53.0 Å². The maximum absolute atomic E-state index is 5.90. The van der Waals surface area contributed by atoms with Crippen molar-refractivity contribution in [1.82, 2.24) is 20.2 Å². The largest absolute Gasteiger partial charge is 0.324 e. The Morgan fingerprint density at radius 1 is 1.14 bits per heavy atom. The van der Waals surface area contributed by atoms with E-state index in [0.29, 0.717) is 5.82 Å². The number of halogens is 1. The Balaban J connectivity index is 1.95. The Morgan fingerprint density at radius 2 is 1.90 bits per heavy atom. The highest BCUT2D eigenvalue weighted by Gasteiger charge is 2.10. The van der Waals surface area contributed by atoms with Crippen molar-refractivity contribution in [2.24, 2.45) is 5.73 Å². The van der Waals surface area contributed by atoms with Crippen molar-refractivity contribution in [1.29, 1.82) is 0 Å². The molecule has 6 heteroatoms. The minimum absolute atomic E-state index is 0.0305. The van der Waals surface area contributed by atoms with Crippen LogP contribution in [0.4, 0.5) is 0 Å². The van der Waals surface area contributed by atoms with Gasteiger partial charge in [-0.25, -0.2) is 0 Å². The predicted molar refractivity (Wildman–Crippen MR) is 84.9 cm³/mol. The topological polar surface area (TPSA) is 69.6 Å². The van der Waals surface area contributed by atoms with Crippen LogP contribution >= 0.6 is 15.9 Å². The molecule has 3 rings (SSSR count). The summed E-state index contributed by atoms with van der Waals surface area (Å²) in [5, 5.41) is 12.6. The van der Waals surface area contributed by atoms with E-state index in [0.717, 1.165) is 21.3 Å². The lowest BCUT2D eigenvalue weighted by Gasteiger charge is -2.09. The molecule has 0 spiro atoms. The molecule has 1 aromatic heterocycles. The quantitative estimate of drug-likeness (QED) is 0.793. The lowest BCUT2D eigenvalue weighted by atomic mass is 10.1. The molecule has 1 atom stereocenters. The van der Waals surface area contributed by atoms with E-state index in [2.05, 4.69) is 31.3 Å². The Morgan fingerprint density at radius 3 is 2.57 bits per heavy atom. The second-order valence-corrected chi connectivity index (χ2v) is 5.62. The molecule has 21 heavy (non-hydrogen) atoms. The standard InChI is InChI=1S/C15H14BrN5/c1-10(17)13-8-7-12(9-14(13)16)21-19-15(18-20-21)11-5-3-2-4-6-11/h2-10H,17H2,1H3/t10-/m0/s1. The zero-order chi connectivity index (χ0) is 14.8. The number of aromatic nitrogens is 4. The fraction of sp³-hybridized carbons (Fsp3) is 0.133. The van der Waals surface area contributed by atoms with Crippen molar-refractivity contribution >= 4 is 15.9 Å². The minimum atomic E-state index is -0.0305. The van der Waals surface area contributed by atoms with Crippen LogP contribution in [-0.4, -0.2) is 20.2 Å². The van der Waals surface area contributed by atoms with Crippen molar-refractivity contribution in [2.45, 2.75) is 13.0 Å². The second-order valence-electron chi connectivity index (χ2n) is 4.76. The van der Waals surface area contributed by atoms with Crippen LogP contribution in [0.3, 0.4) is 0 Å². The van der Waals surface area contributed by atoms with Gasteiger partial charge in [0.25, 0.3) is 0 Å². The molecular weight excluding hydrogens is 330 g/mol. The van der Waals surface area contributed by atoms with Gasteiger partial charge in [0.2, 0.25) is 5.82 Å². The van der Waals surface area contributed by atoms with Crippen LogP contribution < -0.4 is 5.73 Å². The lowest BCUT2D eigenvalue weighted by molar-refractivity contribution is 0.717. The molecule has 0 aliphatic carbocycles. The van der Waals surface area contributed by atoms with E-state index in [9.17, 15) is 0 Å². The molecule has 0 amide bonds. The van der Waals surface area contributed by atoms with Crippen LogP contribution in [0.1, 0.15) is 18.5 Å². The van der Waals surface area contributed by atoms with Gasteiger partial charge in [-0.15, -0.1) is 15.0 Å². The molecule has 2 N–H and O–H groups in total. The predicted octanol–water partition coefficient (Wildman–Crippen LogP) is 3.11. The number of hydrogen-bond donors (Lipinski definition) is 1. The molecule has 5 nitrogen and oxygen atoms in total. The van der Waals surface area contributed by atoms with Crippen LogP contribution in [0, 0.1) is 0 Å². The third kappa shape index (κ3) is 2.86. The van der Waals surface area contributed by atoms with Crippen molar-refractivity contribution in [3.05, 3.63) is 58.6 Å². The first kappa shape index (κ1) is 13.9. The second kappa shape index (κ2) is 5.75. The highest BCUT2D eigenvalue weighted by molar-refractivity contribution is 9.10. The summed E-state index contributed by atoms with van der Waals surface area (Å²) in [5.41, 5.74) is 8.72. The Bertz CT molecular complexity index is 752. The summed E-state index contributed by atoms with van der Waals surface area (Å²) < 4.78 is 0.938. The Hall–Kier alpha value is -2.05. The van der Waals surface area contributed by atoms with Crippen molar-refractivity contribution in [3.63, 3.8) is 0 Å². The summed E-state index contributed by atoms with van der Waals surface area (Å²) in [6.45, 7) is 1.95. The van der Waals surface area contributed by atoms with E-state index in [-0.39, 0.29) is 6.04 Å². The zero-order valence-electron chi connectivity index (χ0n) is 11.4. The van der Waals surface area contributed by atoms with E-state index < -0.39 is 0 Å². The average Bonchev–Trinajstić information content (AvgIpc) is 2.97. The van der Waals surface area contributed by atoms with Crippen molar-refractivity contribution < 1.29 is 0 Å². The summed E-state index contributed by atoms with van der Waals surface area (Å²) >= 11 is 3.53. The molecule has 0 radical (unpaired) electrons. The monoisotopic (exact) mass is 343 g/mol. The summed E-state index contributed by atoms with van der Waals surface area (Å²) in [4.78, 5) is 1.51. The third-order valence-electron chi connectivity index (χ3n) is 3.15. The summed E-state index contributed by atoms with van der Waals surface area (Å²) in [7, 11) is 0.